The van der Waals surface area contributed by atoms with Gasteiger partial charge in [-0.15, -0.1) is 0 Å². The number of aryl methyl sites for hydroxylation is 1. The first-order chi connectivity index (χ1) is 11.5. The maximum atomic E-state index is 12.4. The molecule has 0 aliphatic carbocycles. The Morgan fingerprint density at radius 1 is 1.21 bits per heavy atom. The van der Waals surface area contributed by atoms with Crippen LogP contribution in [0.1, 0.15) is 38.7 Å². The molecule has 1 heterocycles. The molecule has 0 unspecified atom stereocenters. The van der Waals surface area contributed by atoms with Crippen LogP contribution in [0, 0.1) is 0 Å². The van der Waals surface area contributed by atoms with Gasteiger partial charge in [0.1, 0.15) is 0 Å². The molecule has 0 radical (unpaired) electrons. The minimum atomic E-state index is -3.35. The van der Waals surface area contributed by atoms with Gasteiger partial charge in [-0.25, -0.2) is 0 Å². The highest BCUT2D eigenvalue weighted by atomic mass is 32.2. The fourth-order valence-electron chi connectivity index (χ4n) is 3.35. The lowest BCUT2D eigenvalue weighted by atomic mass is 10.1. The summed E-state index contributed by atoms with van der Waals surface area (Å²) in [6.07, 6.45) is 4.17. The van der Waals surface area contributed by atoms with Crippen LogP contribution in [0.2, 0.25) is 0 Å². The molecular formula is C18H31N3O2S. The van der Waals surface area contributed by atoms with E-state index in [0.717, 1.165) is 45.3 Å². The number of piperidine rings is 1. The van der Waals surface area contributed by atoms with Crippen LogP contribution in [0.25, 0.3) is 0 Å². The monoisotopic (exact) mass is 353 g/mol. The first-order valence-electron chi connectivity index (χ1n) is 9.08. The molecule has 6 heteroatoms. The summed E-state index contributed by atoms with van der Waals surface area (Å²) < 4.78 is 29.1. The number of hydrogen-bond acceptors (Lipinski definition) is 3. The summed E-state index contributed by atoms with van der Waals surface area (Å²) in [5, 5.41) is 0. The van der Waals surface area contributed by atoms with Gasteiger partial charge in [0.2, 0.25) is 0 Å². The summed E-state index contributed by atoms with van der Waals surface area (Å²) in [7, 11) is -3.35. The standard InChI is InChI=1S/C18H31N3O2S/c1-3-21(4-2)24(22,23)19-18-13-9-15-20(16-18)14-8-12-17-10-6-5-7-11-17/h5-7,10-11,18-19H,3-4,8-9,12-16H2,1-2H3/t18-/m0/s1. The Morgan fingerprint density at radius 2 is 1.92 bits per heavy atom. The summed E-state index contributed by atoms with van der Waals surface area (Å²) in [5.41, 5.74) is 1.37. The molecule has 0 saturated carbocycles. The zero-order valence-electron chi connectivity index (χ0n) is 14.9. The Kier molecular flexibility index (Phi) is 7.68. The third kappa shape index (κ3) is 5.84. The number of likely N-dealkylation sites (tertiary alicyclic amines) is 1. The van der Waals surface area contributed by atoms with Gasteiger partial charge in [0.05, 0.1) is 0 Å². The molecule has 1 aromatic carbocycles. The summed E-state index contributed by atoms with van der Waals surface area (Å²) in [5.74, 6) is 0. The van der Waals surface area contributed by atoms with Gasteiger partial charge in [-0.1, -0.05) is 44.2 Å². The number of nitrogens with zero attached hydrogens (tertiary/aromatic N) is 2. The number of hydrogen-bond donors (Lipinski definition) is 1. The smallest absolute Gasteiger partial charge is 0.279 e. The maximum Gasteiger partial charge on any atom is 0.279 e. The highest BCUT2D eigenvalue weighted by molar-refractivity contribution is 7.87. The second-order valence-corrected chi connectivity index (χ2v) is 8.14. The second kappa shape index (κ2) is 9.51. The lowest BCUT2D eigenvalue weighted by Gasteiger charge is -2.34. The summed E-state index contributed by atoms with van der Waals surface area (Å²) in [6, 6.07) is 10.6. The van der Waals surface area contributed by atoms with Crippen LogP contribution >= 0.6 is 0 Å². The first-order valence-corrected chi connectivity index (χ1v) is 10.5. The van der Waals surface area contributed by atoms with Crippen LogP contribution in [0.15, 0.2) is 30.3 Å². The largest absolute Gasteiger partial charge is 0.302 e. The van der Waals surface area contributed by atoms with Gasteiger partial charge in [0.25, 0.3) is 10.2 Å². The summed E-state index contributed by atoms with van der Waals surface area (Å²) in [4.78, 5) is 2.39. The van der Waals surface area contributed by atoms with Gasteiger partial charge < -0.3 is 4.90 Å². The lowest BCUT2D eigenvalue weighted by Crippen LogP contribution is -2.51. The Labute approximate surface area is 147 Å². The minimum absolute atomic E-state index is 0.0288. The fourth-order valence-corrected chi connectivity index (χ4v) is 4.80. The Balaban J connectivity index is 1.79. The van der Waals surface area contributed by atoms with Crippen molar-refractivity contribution >= 4 is 10.2 Å². The van der Waals surface area contributed by atoms with Gasteiger partial charge in [0, 0.05) is 25.7 Å². The molecule has 1 atom stereocenters. The predicted molar refractivity (Wildman–Crippen MR) is 99.2 cm³/mol. The van der Waals surface area contributed by atoms with E-state index in [-0.39, 0.29) is 6.04 Å². The van der Waals surface area contributed by atoms with Crippen molar-refractivity contribution in [3.8, 4) is 0 Å². The molecule has 1 N–H and O–H groups in total. The molecule has 0 bridgehead atoms. The highest BCUT2D eigenvalue weighted by Gasteiger charge is 2.26. The third-order valence-electron chi connectivity index (χ3n) is 4.65. The van der Waals surface area contributed by atoms with Crippen molar-refractivity contribution in [1.29, 1.82) is 0 Å². The molecule has 0 amide bonds. The molecule has 1 fully saturated rings. The van der Waals surface area contributed by atoms with Gasteiger partial charge in [0.15, 0.2) is 0 Å². The van der Waals surface area contributed by atoms with E-state index in [2.05, 4.69) is 33.9 Å². The topological polar surface area (TPSA) is 52.7 Å². The third-order valence-corrected chi connectivity index (χ3v) is 6.48. The number of rotatable bonds is 9. The molecule has 2 rings (SSSR count). The van der Waals surface area contributed by atoms with E-state index in [1.165, 1.54) is 9.87 Å². The molecule has 5 nitrogen and oxygen atoms in total. The summed E-state index contributed by atoms with van der Waals surface area (Å²) in [6.45, 7) is 7.68. The van der Waals surface area contributed by atoms with Crippen molar-refractivity contribution in [2.75, 3.05) is 32.7 Å². The number of nitrogens with one attached hydrogen (secondary N) is 1. The van der Waals surface area contributed by atoms with E-state index in [9.17, 15) is 8.42 Å². The van der Waals surface area contributed by atoms with Gasteiger partial charge in [-0.3, -0.25) is 0 Å². The quantitative estimate of drug-likeness (QED) is 0.741. The average molecular weight is 354 g/mol. The first kappa shape index (κ1) is 19.4. The van der Waals surface area contributed by atoms with E-state index in [4.69, 9.17) is 0 Å². The van der Waals surface area contributed by atoms with E-state index >= 15 is 0 Å². The average Bonchev–Trinajstić information content (AvgIpc) is 2.56. The van der Waals surface area contributed by atoms with Crippen LogP contribution in [0.3, 0.4) is 0 Å². The molecule has 0 spiro atoms. The fraction of sp³-hybridized carbons (Fsp3) is 0.667. The zero-order chi connectivity index (χ0) is 17.4. The predicted octanol–water partition coefficient (Wildman–Crippen LogP) is 2.26. The lowest BCUT2D eigenvalue weighted by molar-refractivity contribution is 0.198. The van der Waals surface area contributed by atoms with Crippen LogP contribution in [-0.2, 0) is 16.6 Å². The molecule has 1 saturated heterocycles. The number of benzene rings is 1. The van der Waals surface area contributed by atoms with Crippen LogP contribution in [0.4, 0.5) is 0 Å². The molecule has 0 aromatic heterocycles. The van der Waals surface area contributed by atoms with Crippen molar-refractivity contribution in [1.82, 2.24) is 13.9 Å². The second-order valence-electron chi connectivity index (χ2n) is 6.44. The molecule has 24 heavy (non-hydrogen) atoms. The SMILES string of the molecule is CCN(CC)S(=O)(=O)N[C@H]1CCCN(CCCc2ccccc2)C1. The van der Waals surface area contributed by atoms with Crippen molar-refractivity contribution in [3.63, 3.8) is 0 Å². The molecule has 136 valence electrons. The van der Waals surface area contributed by atoms with E-state index in [0.29, 0.717) is 13.1 Å². The normalized spacial score (nSPS) is 19.7. The highest BCUT2D eigenvalue weighted by Crippen LogP contribution is 2.13. The van der Waals surface area contributed by atoms with Crippen molar-refractivity contribution < 1.29 is 8.42 Å². The Morgan fingerprint density at radius 3 is 2.58 bits per heavy atom. The van der Waals surface area contributed by atoms with E-state index in [1.54, 1.807) is 0 Å². The molecule has 1 aromatic rings. The van der Waals surface area contributed by atoms with Crippen molar-refractivity contribution in [3.05, 3.63) is 35.9 Å². The maximum absolute atomic E-state index is 12.4. The van der Waals surface area contributed by atoms with E-state index in [1.807, 2.05) is 19.9 Å². The van der Waals surface area contributed by atoms with Crippen LogP contribution < -0.4 is 4.72 Å². The van der Waals surface area contributed by atoms with Crippen LogP contribution in [-0.4, -0.2) is 56.4 Å². The molecule has 1 aliphatic rings. The molecular weight excluding hydrogens is 322 g/mol. The zero-order valence-corrected chi connectivity index (χ0v) is 15.8. The Hall–Kier alpha value is -0.950. The van der Waals surface area contributed by atoms with Crippen molar-refractivity contribution in [2.24, 2.45) is 0 Å². The minimum Gasteiger partial charge on any atom is -0.302 e. The van der Waals surface area contributed by atoms with Crippen LogP contribution in [0.5, 0.6) is 0 Å². The van der Waals surface area contributed by atoms with Gasteiger partial charge in [-0.2, -0.15) is 17.4 Å². The Bertz CT molecular complexity index is 573. The molecule has 1 aliphatic heterocycles. The van der Waals surface area contributed by atoms with E-state index < -0.39 is 10.2 Å². The van der Waals surface area contributed by atoms with Gasteiger partial charge in [-0.05, 0) is 44.3 Å². The van der Waals surface area contributed by atoms with Crippen molar-refractivity contribution in [2.45, 2.75) is 45.6 Å². The summed E-state index contributed by atoms with van der Waals surface area (Å²) >= 11 is 0. The van der Waals surface area contributed by atoms with Gasteiger partial charge >= 0.3 is 0 Å².